The number of anilines is 2. The molecule has 0 spiro atoms. The lowest BCUT2D eigenvalue weighted by Crippen LogP contribution is -2.40. The maximum absolute atomic E-state index is 13.7. The minimum absolute atomic E-state index is 0.0131. The van der Waals surface area contributed by atoms with Crippen LogP contribution in [0.15, 0.2) is 89.4 Å². The number of sulfonamides is 2. The van der Waals surface area contributed by atoms with Gasteiger partial charge in [-0.2, -0.15) is 13.2 Å². The molecule has 0 saturated heterocycles. The number of nitrogens with one attached hydrogen (secondary N) is 2. The van der Waals surface area contributed by atoms with Gasteiger partial charge >= 0.3 is 15.5 Å². The smallest absolute Gasteiger partial charge is 0.382 e. The van der Waals surface area contributed by atoms with Gasteiger partial charge in [-0.25, -0.2) is 21.4 Å². The molecule has 1 fully saturated rings. The average Bonchev–Trinajstić information content (AvgIpc) is 3.11. The van der Waals surface area contributed by atoms with Crippen LogP contribution in [0.1, 0.15) is 70.9 Å². The lowest BCUT2D eigenvalue weighted by molar-refractivity contribution is -0.519. The maximum Gasteiger partial charge on any atom is 0.512 e. The van der Waals surface area contributed by atoms with Gasteiger partial charge in [0.1, 0.15) is 13.1 Å². The van der Waals surface area contributed by atoms with Crippen LogP contribution < -0.4 is 14.3 Å². The summed E-state index contributed by atoms with van der Waals surface area (Å²) in [7, 11) is -11.5. The van der Waals surface area contributed by atoms with Gasteiger partial charge in [0.15, 0.2) is 5.71 Å². The second-order valence-electron chi connectivity index (χ2n) is 12.7. The molecular formula is C38H46F3N4O4S2+. The van der Waals surface area contributed by atoms with Gasteiger partial charge in [0.05, 0.1) is 4.90 Å². The molecule has 0 aliphatic heterocycles. The predicted octanol–water partition coefficient (Wildman–Crippen LogP) is 7.98. The highest BCUT2D eigenvalue weighted by Crippen LogP contribution is 2.41. The van der Waals surface area contributed by atoms with Gasteiger partial charge in [-0.1, -0.05) is 53.7 Å². The zero-order valence-electron chi connectivity index (χ0n) is 29.4. The Balaban J connectivity index is 1.79. The molecule has 0 radical (unpaired) electrons. The van der Waals surface area contributed by atoms with E-state index in [-0.39, 0.29) is 11.4 Å². The van der Waals surface area contributed by atoms with E-state index in [1.54, 1.807) is 12.1 Å². The Morgan fingerprint density at radius 3 is 2.02 bits per heavy atom. The van der Waals surface area contributed by atoms with Gasteiger partial charge in [-0.3, -0.25) is 0 Å². The van der Waals surface area contributed by atoms with Crippen LogP contribution in [0, 0.1) is 0 Å². The van der Waals surface area contributed by atoms with E-state index in [0.717, 1.165) is 96.6 Å². The molecule has 13 heteroatoms. The molecule has 3 aromatic rings. The number of hydrogen-bond donors (Lipinski definition) is 2. The first-order valence-corrected chi connectivity index (χ1v) is 20.5. The van der Waals surface area contributed by atoms with Crippen molar-refractivity contribution in [3.63, 3.8) is 0 Å². The van der Waals surface area contributed by atoms with E-state index in [2.05, 4.69) is 42.5 Å². The van der Waals surface area contributed by atoms with Gasteiger partial charge < -0.3 is 10.2 Å². The normalized spacial score (nSPS) is 15.7. The highest BCUT2D eigenvalue weighted by atomic mass is 32.3. The molecule has 0 atom stereocenters. The molecule has 0 aromatic heterocycles. The Hall–Kier alpha value is -3.94. The third-order valence-electron chi connectivity index (χ3n) is 9.62. The van der Waals surface area contributed by atoms with Crippen molar-refractivity contribution in [2.45, 2.75) is 76.2 Å². The lowest BCUT2D eigenvalue weighted by atomic mass is 9.87. The van der Waals surface area contributed by atoms with Crippen LogP contribution in [-0.2, 0) is 20.0 Å². The highest BCUT2D eigenvalue weighted by molar-refractivity contribution is 8.05. The van der Waals surface area contributed by atoms with E-state index in [4.69, 9.17) is 0 Å². The molecular weight excluding hydrogens is 698 g/mol. The first-order chi connectivity index (χ1) is 24.2. The minimum atomic E-state index is -6.23. The van der Waals surface area contributed by atoms with Crippen LogP contribution in [-0.4, -0.2) is 64.9 Å². The molecule has 0 unspecified atom stereocenters. The summed E-state index contributed by atoms with van der Waals surface area (Å²) in [5, 5.41) is 4.01. The second kappa shape index (κ2) is 15.7. The van der Waals surface area contributed by atoms with Gasteiger partial charge in [0.2, 0.25) is 0 Å². The van der Waals surface area contributed by atoms with Crippen LogP contribution >= 0.6 is 0 Å². The van der Waals surface area contributed by atoms with Crippen LogP contribution in [0.2, 0.25) is 0 Å². The summed E-state index contributed by atoms with van der Waals surface area (Å²) in [5.41, 5.74) is -0.214. The fraction of sp³-hybridized carbons (Fsp3) is 0.395. The molecule has 51 heavy (non-hydrogen) atoms. The number of rotatable bonds is 12. The van der Waals surface area contributed by atoms with Crippen LogP contribution in [0.25, 0.3) is 16.3 Å². The molecule has 2 N–H and O–H groups in total. The Morgan fingerprint density at radius 1 is 0.824 bits per heavy atom. The fourth-order valence-electron chi connectivity index (χ4n) is 6.97. The molecule has 2 aliphatic rings. The zero-order valence-corrected chi connectivity index (χ0v) is 31.1. The quantitative estimate of drug-likeness (QED) is 0.183. The van der Waals surface area contributed by atoms with Crippen molar-refractivity contribution in [2.75, 3.05) is 36.4 Å². The van der Waals surface area contributed by atoms with Crippen LogP contribution in [0.3, 0.4) is 0 Å². The molecule has 0 amide bonds. The number of halogens is 3. The van der Waals surface area contributed by atoms with E-state index in [9.17, 15) is 30.0 Å². The van der Waals surface area contributed by atoms with Crippen molar-refractivity contribution in [1.82, 2.24) is 4.13 Å². The molecule has 5 rings (SSSR count). The molecule has 0 bridgehead atoms. The first kappa shape index (κ1) is 38.3. The summed E-state index contributed by atoms with van der Waals surface area (Å²) >= 11 is 0. The number of nitrogens with zero attached hydrogens (tertiary/aromatic N) is 2. The lowest BCUT2D eigenvalue weighted by Gasteiger charge is -2.26. The largest absolute Gasteiger partial charge is 0.512 e. The summed E-state index contributed by atoms with van der Waals surface area (Å²) in [6, 6.07) is 16.1. The first-order valence-electron chi connectivity index (χ1n) is 17.5. The fourth-order valence-corrected chi connectivity index (χ4v) is 9.61. The zero-order chi connectivity index (χ0) is 37.0. The van der Waals surface area contributed by atoms with Crippen molar-refractivity contribution < 1.29 is 34.6 Å². The highest BCUT2D eigenvalue weighted by Gasteiger charge is 2.48. The number of benzene rings is 3. The molecule has 8 nitrogen and oxygen atoms in total. The van der Waals surface area contributed by atoms with E-state index >= 15 is 0 Å². The van der Waals surface area contributed by atoms with Crippen LogP contribution in [0.5, 0.6) is 0 Å². The Bertz CT molecular complexity index is 2070. The monoisotopic (exact) mass is 743 g/mol. The Kier molecular flexibility index (Phi) is 11.8. The summed E-state index contributed by atoms with van der Waals surface area (Å²) in [6.45, 7) is 11.7. The molecule has 2 aliphatic carbocycles. The maximum atomic E-state index is 13.7. The van der Waals surface area contributed by atoms with Crippen LogP contribution in [0.4, 0.5) is 24.5 Å². The van der Waals surface area contributed by atoms with E-state index in [0.29, 0.717) is 16.6 Å². The van der Waals surface area contributed by atoms with Crippen molar-refractivity contribution in [1.29, 1.82) is 0 Å². The number of allylic oxidation sites excluding steroid dienone is 5. The van der Waals surface area contributed by atoms with Crippen molar-refractivity contribution in [3.8, 4) is 0 Å². The predicted molar refractivity (Wildman–Crippen MR) is 200 cm³/mol. The summed E-state index contributed by atoms with van der Waals surface area (Å²) in [5.74, 6) is 0. The molecule has 0 heterocycles. The average molecular weight is 744 g/mol. The minimum Gasteiger partial charge on any atom is -0.382 e. The van der Waals surface area contributed by atoms with Gasteiger partial charge in [0, 0.05) is 48.0 Å². The summed E-state index contributed by atoms with van der Waals surface area (Å²) in [4.78, 5) is 1.66. The summed E-state index contributed by atoms with van der Waals surface area (Å²) in [6.07, 6.45) is 12.8. The SMILES string of the molecule is CCN(CC)c1ccc(C(=C2C=CC(=[N+](CC)CC)C=C2)c2ccc(NC3CCCCC3)c3c(S(=O)(=O)NS(=O)(=O)C(F)(F)F)cccc23)cc1. The Labute approximate surface area is 299 Å². The third kappa shape index (κ3) is 8.26. The molecule has 3 aromatic carbocycles. The number of fused-ring (bicyclic) bond motifs is 1. The standard InChI is InChI=1S/C38H45F3N4O4S2/c1-5-44(6-2)30-21-17-27(18-22-30)36(28-19-23-31(24-20-28)45(7-3)8-4)33-25-26-34(42-29-13-10-9-11-14-29)37-32(33)15-12-16-35(37)50(46,47)43-51(48,49)38(39,40)41/h12,15-26,29,43H,5-11,13-14H2,1-4H3/p+1. The van der Waals surface area contributed by atoms with E-state index < -0.39 is 30.5 Å². The third-order valence-corrected chi connectivity index (χ3v) is 12.9. The van der Waals surface area contributed by atoms with E-state index in [1.807, 2.05) is 54.6 Å². The Morgan fingerprint density at radius 2 is 1.45 bits per heavy atom. The topological polar surface area (TPSA) is 98.6 Å². The van der Waals surface area contributed by atoms with Crippen molar-refractivity contribution >= 4 is 53.5 Å². The second-order valence-corrected chi connectivity index (χ2v) is 16.3. The van der Waals surface area contributed by atoms with E-state index in [1.165, 1.54) is 6.07 Å². The number of hydrogen-bond acceptors (Lipinski definition) is 6. The molecule has 274 valence electrons. The van der Waals surface area contributed by atoms with Gasteiger partial charge in [-0.05, 0) is 105 Å². The summed E-state index contributed by atoms with van der Waals surface area (Å²) < 4.78 is 95.0. The molecule has 1 saturated carbocycles. The van der Waals surface area contributed by atoms with Crippen molar-refractivity contribution in [2.24, 2.45) is 0 Å². The van der Waals surface area contributed by atoms with Gasteiger partial charge in [0.25, 0.3) is 10.0 Å². The number of alkyl halides is 3. The van der Waals surface area contributed by atoms with Gasteiger partial charge in [-0.15, -0.1) is 0 Å². The van der Waals surface area contributed by atoms with Crippen molar-refractivity contribution in [3.05, 3.63) is 95.6 Å².